The molecule has 0 spiro atoms. The Labute approximate surface area is 176 Å². The molecule has 9 heteroatoms. The van der Waals surface area contributed by atoms with E-state index in [4.69, 9.17) is 14.2 Å². The molecule has 1 heterocycles. The minimum Gasteiger partial charge on any atom is -0.486 e. The molecule has 30 heavy (non-hydrogen) atoms. The maximum Gasteiger partial charge on any atom is 0.261 e. The standard InChI is InChI=1S/C21H26N2O6S/c1-14(16-5-10-19-20(13-16)28-12-11-27-19)22-21(24)15(2)29-18-8-6-17(7-9-18)23(3)30(4,25)26/h5-10,13-15H,11-12H2,1-4H3,(H,22,24)/t14-,15-/m0/s1. The van der Waals surface area contributed by atoms with Crippen molar-refractivity contribution in [3.05, 3.63) is 48.0 Å². The zero-order valence-electron chi connectivity index (χ0n) is 17.4. The zero-order chi connectivity index (χ0) is 21.9. The van der Waals surface area contributed by atoms with Crippen LogP contribution < -0.4 is 23.8 Å². The topological polar surface area (TPSA) is 94.2 Å². The molecule has 0 fully saturated rings. The van der Waals surface area contributed by atoms with E-state index < -0.39 is 16.1 Å². The molecular weight excluding hydrogens is 408 g/mol. The van der Waals surface area contributed by atoms with Crippen molar-refractivity contribution in [1.82, 2.24) is 5.32 Å². The number of hydrogen-bond acceptors (Lipinski definition) is 6. The molecule has 1 N–H and O–H groups in total. The van der Waals surface area contributed by atoms with Gasteiger partial charge in [-0.3, -0.25) is 9.10 Å². The average Bonchev–Trinajstić information content (AvgIpc) is 2.72. The minimum absolute atomic E-state index is 0.245. The molecule has 0 radical (unpaired) electrons. The second-order valence-electron chi connectivity index (χ2n) is 7.12. The Morgan fingerprint density at radius 2 is 1.70 bits per heavy atom. The molecular formula is C21H26N2O6S. The van der Waals surface area contributed by atoms with Crippen LogP contribution in [0.25, 0.3) is 0 Å². The summed E-state index contributed by atoms with van der Waals surface area (Å²) in [5.74, 6) is 1.57. The fraction of sp³-hybridized carbons (Fsp3) is 0.381. The summed E-state index contributed by atoms with van der Waals surface area (Å²) < 4.78 is 41.2. The highest BCUT2D eigenvalue weighted by Crippen LogP contribution is 2.32. The van der Waals surface area contributed by atoms with Crippen LogP contribution >= 0.6 is 0 Å². The number of ether oxygens (including phenoxy) is 3. The quantitative estimate of drug-likeness (QED) is 0.720. The monoisotopic (exact) mass is 434 g/mol. The molecule has 1 amide bonds. The van der Waals surface area contributed by atoms with Crippen LogP contribution in [0.3, 0.4) is 0 Å². The molecule has 2 aromatic carbocycles. The maximum absolute atomic E-state index is 12.5. The third kappa shape index (κ3) is 5.15. The zero-order valence-corrected chi connectivity index (χ0v) is 18.2. The summed E-state index contributed by atoms with van der Waals surface area (Å²) >= 11 is 0. The average molecular weight is 435 g/mol. The number of anilines is 1. The molecule has 1 aliphatic rings. The van der Waals surface area contributed by atoms with Crippen molar-refractivity contribution in [1.29, 1.82) is 0 Å². The van der Waals surface area contributed by atoms with E-state index in [1.54, 1.807) is 31.2 Å². The lowest BCUT2D eigenvalue weighted by molar-refractivity contribution is -0.127. The first-order valence-electron chi connectivity index (χ1n) is 9.55. The predicted molar refractivity (Wildman–Crippen MR) is 114 cm³/mol. The number of nitrogens with zero attached hydrogens (tertiary/aromatic N) is 1. The maximum atomic E-state index is 12.5. The number of amides is 1. The van der Waals surface area contributed by atoms with Crippen LogP contribution in [0.5, 0.6) is 17.2 Å². The Hall–Kier alpha value is -2.94. The Morgan fingerprint density at radius 3 is 2.33 bits per heavy atom. The van der Waals surface area contributed by atoms with Gasteiger partial charge >= 0.3 is 0 Å². The largest absolute Gasteiger partial charge is 0.486 e. The third-order valence-electron chi connectivity index (χ3n) is 4.80. The van der Waals surface area contributed by atoms with Gasteiger partial charge in [0.25, 0.3) is 5.91 Å². The minimum atomic E-state index is -3.34. The fourth-order valence-corrected chi connectivity index (χ4v) is 3.43. The number of sulfonamides is 1. The molecule has 0 aromatic heterocycles. The number of rotatable bonds is 7. The Balaban J connectivity index is 1.59. The Kier molecular flexibility index (Phi) is 6.40. The second kappa shape index (κ2) is 8.83. The summed E-state index contributed by atoms with van der Waals surface area (Å²) in [5, 5.41) is 2.92. The first-order chi connectivity index (χ1) is 14.1. The van der Waals surface area contributed by atoms with E-state index in [-0.39, 0.29) is 11.9 Å². The fourth-order valence-electron chi connectivity index (χ4n) is 2.93. The van der Waals surface area contributed by atoms with Gasteiger partial charge in [0.05, 0.1) is 18.0 Å². The van der Waals surface area contributed by atoms with Crippen LogP contribution in [-0.2, 0) is 14.8 Å². The SMILES string of the molecule is C[C@H](Oc1ccc(N(C)S(C)(=O)=O)cc1)C(=O)N[C@@H](C)c1ccc2c(c1)OCCO2. The summed E-state index contributed by atoms with van der Waals surface area (Å²) in [6.07, 6.45) is 0.398. The van der Waals surface area contributed by atoms with Crippen molar-refractivity contribution in [2.45, 2.75) is 26.0 Å². The Morgan fingerprint density at radius 1 is 1.07 bits per heavy atom. The van der Waals surface area contributed by atoms with Crippen LogP contribution in [0.2, 0.25) is 0 Å². The van der Waals surface area contributed by atoms with Crippen LogP contribution in [0.1, 0.15) is 25.5 Å². The molecule has 0 bridgehead atoms. The van der Waals surface area contributed by atoms with Crippen molar-refractivity contribution in [2.24, 2.45) is 0 Å². The van der Waals surface area contributed by atoms with Crippen LogP contribution in [0.15, 0.2) is 42.5 Å². The number of benzene rings is 2. The van der Waals surface area contributed by atoms with Crippen molar-refractivity contribution < 1.29 is 27.4 Å². The molecule has 3 rings (SSSR count). The van der Waals surface area contributed by atoms with E-state index >= 15 is 0 Å². The van der Waals surface area contributed by atoms with Gasteiger partial charge in [-0.15, -0.1) is 0 Å². The third-order valence-corrected chi connectivity index (χ3v) is 6.01. The van der Waals surface area contributed by atoms with Crippen molar-refractivity contribution in [3.63, 3.8) is 0 Å². The molecule has 162 valence electrons. The number of fused-ring (bicyclic) bond motifs is 1. The van der Waals surface area contributed by atoms with Gasteiger partial charge in [-0.1, -0.05) is 6.07 Å². The normalized spacial score (nSPS) is 15.1. The lowest BCUT2D eigenvalue weighted by Gasteiger charge is -2.22. The van der Waals surface area contributed by atoms with Gasteiger partial charge in [-0.05, 0) is 55.8 Å². The predicted octanol–water partition coefficient (Wildman–Crippen LogP) is 2.50. The van der Waals surface area contributed by atoms with Gasteiger partial charge in [0.15, 0.2) is 17.6 Å². The second-order valence-corrected chi connectivity index (χ2v) is 9.13. The molecule has 1 aliphatic heterocycles. The van der Waals surface area contributed by atoms with Crippen LogP contribution in [0.4, 0.5) is 5.69 Å². The smallest absolute Gasteiger partial charge is 0.261 e. The molecule has 8 nitrogen and oxygen atoms in total. The van der Waals surface area contributed by atoms with Gasteiger partial charge in [0.2, 0.25) is 10.0 Å². The van der Waals surface area contributed by atoms with Gasteiger partial charge < -0.3 is 19.5 Å². The highest BCUT2D eigenvalue weighted by atomic mass is 32.2. The summed E-state index contributed by atoms with van der Waals surface area (Å²) in [6, 6.07) is 11.9. The Bertz CT molecular complexity index is 1010. The van der Waals surface area contributed by atoms with Crippen molar-refractivity contribution in [3.8, 4) is 17.2 Å². The van der Waals surface area contributed by atoms with E-state index in [1.807, 2.05) is 25.1 Å². The molecule has 0 unspecified atom stereocenters. The van der Waals surface area contributed by atoms with Crippen LogP contribution in [-0.4, -0.2) is 46.9 Å². The lowest BCUT2D eigenvalue weighted by Crippen LogP contribution is -2.37. The van der Waals surface area contributed by atoms with Crippen molar-refractivity contribution in [2.75, 3.05) is 30.8 Å². The van der Waals surface area contributed by atoms with Crippen LogP contribution in [0, 0.1) is 0 Å². The first kappa shape index (κ1) is 21.8. The van der Waals surface area contributed by atoms with Crippen molar-refractivity contribution >= 4 is 21.6 Å². The summed E-state index contributed by atoms with van der Waals surface area (Å²) in [7, 11) is -1.87. The highest BCUT2D eigenvalue weighted by molar-refractivity contribution is 7.92. The summed E-state index contributed by atoms with van der Waals surface area (Å²) in [6.45, 7) is 4.56. The van der Waals surface area contributed by atoms with Gasteiger partial charge in [-0.25, -0.2) is 8.42 Å². The molecule has 2 aromatic rings. The van der Waals surface area contributed by atoms with Gasteiger partial charge in [0, 0.05) is 7.05 Å². The first-order valence-corrected chi connectivity index (χ1v) is 11.4. The molecule has 2 atom stereocenters. The number of carbonyl (C=O) groups excluding carboxylic acids is 1. The number of nitrogens with one attached hydrogen (secondary N) is 1. The molecule has 0 saturated heterocycles. The molecule has 0 saturated carbocycles. The van der Waals surface area contributed by atoms with E-state index in [0.29, 0.717) is 36.1 Å². The number of carbonyl (C=O) groups is 1. The highest BCUT2D eigenvalue weighted by Gasteiger charge is 2.20. The van der Waals surface area contributed by atoms with E-state index in [0.717, 1.165) is 11.8 Å². The van der Waals surface area contributed by atoms with E-state index in [9.17, 15) is 13.2 Å². The molecule has 0 aliphatic carbocycles. The van der Waals surface area contributed by atoms with E-state index in [1.165, 1.54) is 11.4 Å². The van der Waals surface area contributed by atoms with Gasteiger partial charge in [0.1, 0.15) is 19.0 Å². The van der Waals surface area contributed by atoms with Gasteiger partial charge in [-0.2, -0.15) is 0 Å². The lowest BCUT2D eigenvalue weighted by atomic mass is 10.1. The van der Waals surface area contributed by atoms with E-state index in [2.05, 4.69) is 5.32 Å². The number of hydrogen-bond donors (Lipinski definition) is 1. The summed E-state index contributed by atoms with van der Waals surface area (Å²) in [4.78, 5) is 12.5. The summed E-state index contributed by atoms with van der Waals surface area (Å²) in [5.41, 5.74) is 1.40.